The minimum absolute atomic E-state index is 0.0354. The van der Waals surface area contributed by atoms with Gasteiger partial charge in [-0.25, -0.2) is 4.39 Å². The van der Waals surface area contributed by atoms with Crippen LogP contribution in [0.2, 0.25) is 0 Å². The van der Waals surface area contributed by atoms with Crippen molar-refractivity contribution in [1.82, 2.24) is 20.4 Å². The smallest absolute Gasteiger partial charge is 0.234 e. The number of nitrogens with zero attached hydrogens (tertiary/aromatic N) is 3. The van der Waals surface area contributed by atoms with E-state index in [9.17, 15) is 9.18 Å². The van der Waals surface area contributed by atoms with Crippen LogP contribution in [0.5, 0.6) is 0 Å². The van der Waals surface area contributed by atoms with Crippen molar-refractivity contribution in [3.63, 3.8) is 0 Å². The second-order valence-corrected chi connectivity index (χ2v) is 6.76. The van der Waals surface area contributed by atoms with Crippen molar-refractivity contribution < 1.29 is 13.7 Å². The van der Waals surface area contributed by atoms with E-state index in [1.165, 1.54) is 12.1 Å². The number of carbonyl (C=O) groups is 1. The maximum Gasteiger partial charge on any atom is 0.234 e. The Kier molecular flexibility index (Phi) is 5.43. The maximum absolute atomic E-state index is 13.0. The molecule has 1 N–H and O–H groups in total. The SMILES string of the molecule is CC(C)NC(=O)CN1CCC[C@H](c2nc(-c3ccc(F)cc3)no2)C1. The summed E-state index contributed by atoms with van der Waals surface area (Å²) in [6.07, 6.45) is 1.93. The van der Waals surface area contributed by atoms with E-state index in [-0.39, 0.29) is 23.7 Å². The molecule has 1 saturated heterocycles. The summed E-state index contributed by atoms with van der Waals surface area (Å²) in [7, 11) is 0. The molecule has 134 valence electrons. The van der Waals surface area contributed by atoms with Crippen molar-refractivity contribution in [3.8, 4) is 11.4 Å². The fourth-order valence-electron chi connectivity index (χ4n) is 3.09. The van der Waals surface area contributed by atoms with Crippen LogP contribution in [0.1, 0.15) is 38.5 Å². The van der Waals surface area contributed by atoms with Crippen LogP contribution < -0.4 is 5.32 Å². The number of rotatable bonds is 5. The van der Waals surface area contributed by atoms with Gasteiger partial charge in [0.25, 0.3) is 0 Å². The van der Waals surface area contributed by atoms with Crippen LogP contribution in [0.15, 0.2) is 28.8 Å². The molecule has 0 radical (unpaired) electrons. The van der Waals surface area contributed by atoms with E-state index >= 15 is 0 Å². The van der Waals surface area contributed by atoms with Gasteiger partial charge in [0.2, 0.25) is 17.6 Å². The summed E-state index contributed by atoms with van der Waals surface area (Å²) in [5.74, 6) is 0.892. The molecular weight excluding hydrogens is 323 g/mol. The van der Waals surface area contributed by atoms with E-state index < -0.39 is 0 Å². The Morgan fingerprint density at radius 2 is 2.16 bits per heavy atom. The number of likely N-dealkylation sites (tertiary alicyclic amines) is 1. The molecule has 1 aromatic heterocycles. The zero-order valence-electron chi connectivity index (χ0n) is 14.5. The summed E-state index contributed by atoms with van der Waals surface area (Å²) in [6, 6.07) is 6.16. The van der Waals surface area contributed by atoms with Gasteiger partial charge in [0, 0.05) is 18.2 Å². The van der Waals surface area contributed by atoms with Crippen LogP contribution >= 0.6 is 0 Å². The van der Waals surface area contributed by atoms with Crippen molar-refractivity contribution in [2.45, 2.75) is 38.6 Å². The summed E-state index contributed by atoms with van der Waals surface area (Å²) >= 11 is 0. The molecule has 2 heterocycles. The molecule has 1 fully saturated rings. The summed E-state index contributed by atoms with van der Waals surface area (Å²) in [6.45, 7) is 5.89. The van der Waals surface area contributed by atoms with Crippen LogP contribution in [0.4, 0.5) is 4.39 Å². The monoisotopic (exact) mass is 346 g/mol. The number of nitrogens with one attached hydrogen (secondary N) is 1. The molecule has 25 heavy (non-hydrogen) atoms. The number of benzene rings is 1. The second kappa shape index (κ2) is 7.74. The molecule has 1 atom stereocenters. The van der Waals surface area contributed by atoms with Crippen molar-refractivity contribution in [3.05, 3.63) is 36.0 Å². The molecule has 0 bridgehead atoms. The summed E-state index contributed by atoms with van der Waals surface area (Å²) in [4.78, 5) is 18.5. The fraction of sp³-hybridized carbons (Fsp3) is 0.500. The average Bonchev–Trinajstić information content (AvgIpc) is 3.05. The van der Waals surface area contributed by atoms with E-state index in [0.717, 1.165) is 31.5 Å². The van der Waals surface area contributed by atoms with Gasteiger partial charge >= 0.3 is 0 Å². The standard InChI is InChI=1S/C18H23FN4O2/c1-12(2)20-16(24)11-23-9-3-4-14(10-23)18-21-17(22-25-18)13-5-7-15(19)8-6-13/h5-8,12,14H,3-4,9-11H2,1-2H3,(H,20,24)/t14-/m0/s1. The van der Waals surface area contributed by atoms with Crippen molar-refractivity contribution in [2.75, 3.05) is 19.6 Å². The molecule has 7 heteroatoms. The Bertz CT molecular complexity index is 714. The van der Waals surface area contributed by atoms with Gasteiger partial charge in [-0.15, -0.1) is 0 Å². The van der Waals surface area contributed by atoms with Gasteiger partial charge < -0.3 is 9.84 Å². The first kappa shape index (κ1) is 17.5. The zero-order chi connectivity index (χ0) is 17.8. The third-order valence-corrected chi connectivity index (χ3v) is 4.22. The lowest BCUT2D eigenvalue weighted by molar-refractivity contribution is -0.123. The maximum atomic E-state index is 13.0. The number of piperidine rings is 1. The lowest BCUT2D eigenvalue weighted by atomic mass is 9.98. The highest BCUT2D eigenvalue weighted by Gasteiger charge is 2.27. The zero-order valence-corrected chi connectivity index (χ0v) is 14.5. The van der Waals surface area contributed by atoms with Gasteiger partial charge in [0.1, 0.15) is 5.82 Å². The van der Waals surface area contributed by atoms with Crippen LogP contribution in [-0.2, 0) is 4.79 Å². The minimum Gasteiger partial charge on any atom is -0.353 e. The molecule has 6 nitrogen and oxygen atoms in total. The summed E-state index contributed by atoms with van der Waals surface area (Å²) in [5, 5.41) is 6.92. The molecule has 0 aliphatic carbocycles. The highest BCUT2D eigenvalue weighted by atomic mass is 19.1. The van der Waals surface area contributed by atoms with E-state index in [1.807, 2.05) is 13.8 Å². The van der Waals surface area contributed by atoms with E-state index in [1.54, 1.807) is 12.1 Å². The average molecular weight is 346 g/mol. The highest BCUT2D eigenvalue weighted by Crippen LogP contribution is 2.27. The number of hydrogen-bond donors (Lipinski definition) is 1. The van der Waals surface area contributed by atoms with E-state index in [2.05, 4.69) is 20.4 Å². The third kappa shape index (κ3) is 4.63. The fourth-order valence-corrected chi connectivity index (χ4v) is 3.09. The normalized spacial score (nSPS) is 18.5. The highest BCUT2D eigenvalue weighted by molar-refractivity contribution is 5.78. The lowest BCUT2D eigenvalue weighted by Crippen LogP contribution is -2.43. The van der Waals surface area contributed by atoms with Gasteiger partial charge in [0.15, 0.2) is 0 Å². The van der Waals surface area contributed by atoms with Crippen LogP contribution in [-0.4, -0.2) is 46.6 Å². The predicted molar refractivity (Wildman–Crippen MR) is 91.4 cm³/mol. The first-order valence-corrected chi connectivity index (χ1v) is 8.62. The van der Waals surface area contributed by atoms with Gasteiger partial charge in [-0.1, -0.05) is 5.16 Å². The van der Waals surface area contributed by atoms with E-state index in [4.69, 9.17) is 4.52 Å². The number of carbonyl (C=O) groups excluding carboxylic acids is 1. The molecule has 1 amide bonds. The number of amides is 1. The molecule has 1 aliphatic heterocycles. The molecule has 0 unspecified atom stereocenters. The molecule has 3 rings (SSSR count). The molecule has 2 aromatic rings. The van der Waals surface area contributed by atoms with Crippen molar-refractivity contribution >= 4 is 5.91 Å². The summed E-state index contributed by atoms with van der Waals surface area (Å²) in [5.41, 5.74) is 0.723. The molecule has 0 spiro atoms. The van der Waals surface area contributed by atoms with E-state index in [0.29, 0.717) is 18.3 Å². The van der Waals surface area contributed by atoms with Crippen LogP contribution in [0, 0.1) is 5.82 Å². The first-order chi connectivity index (χ1) is 12.0. The van der Waals surface area contributed by atoms with Gasteiger partial charge in [-0.05, 0) is 57.5 Å². The van der Waals surface area contributed by atoms with Gasteiger partial charge in [-0.2, -0.15) is 4.98 Å². The number of hydrogen-bond acceptors (Lipinski definition) is 5. The Morgan fingerprint density at radius 1 is 1.40 bits per heavy atom. The van der Waals surface area contributed by atoms with Crippen LogP contribution in [0.3, 0.4) is 0 Å². The predicted octanol–water partition coefficient (Wildman–Crippen LogP) is 2.58. The van der Waals surface area contributed by atoms with Crippen molar-refractivity contribution in [1.29, 1.82) is 0 Å². The first-order valence-electron chi connectivity index (χ1n) is 8.62. The minimum atomic E-state index is -0.296. The number of halogens is 1. The lowest BCUT2D eigenvalue weighted by Gasteiger charge is -2.30. The quantitative estimate of drug-likeness (QED) is 0.901. The Morgan fingerprint density at radius 3 is 2.88 bits per heavy atom. The Labute approximate surface area is 146 Å². The number of aromatic nitrogens is 2. The van der Waals surface area contributed by atoms with Gasteiger partial charge in [-0.3, -0.25) is 9.69 Å². The molecule has 0 saturated carbocycles. The molecule has 1 aliphatic rings. The third-order valence-electron chi connectivity index (χ3n) is 4.22. The molecule has 1 aromatic carbocycles. The van der Waals surface area contributed by atoms with Crippen molar-refractivity contribution in [2.24, 2.45) is 0 Å². The Balaban J connectivity index is 1.64. The molecular formula is C18H23FN4O2. The van der Waals surface area contributed by atoms with Gasteiger partial charge in [0.05, 0.1) is 12.5 Å². The Hall–Kier alpha value is -2.28. The second-order valence-electron chi connectivity index (χ2n) is 6.76. The topological polar surface area (TPSA) is 71.3 Å². The summed E-state index contributed by atoms with van der Waals surface area (Å²) < 4.78 is 18.4. The van der Waals surface area contributed by atoms with Crippen LogP contribution in [0.25, 0.3) is 11.4 Å². The largest absolute Gasteiger partial charge is 0.353 e.